The maximum atomic E-state index is 12.9. The number of halogens is 2. The van der Waals surface area contributed by atoms with Gasteiger partial charge in [0.15, 0.2) is 35.5 Å². The maximum Gasteiger partial charge on any atom is 0.419 e. The molecule has 10 nitrogen and oxygen atoms in total. The Labute approximate surface area is 269 Å². The smallest absolute Gasteiger partial charge is 0.419 e. The molecule has 0 N–H and O–H groups in total. The van der Waals surface area contributed by atoms with Crippen molar-refractivity contribution in [3.63, 3.8) is 0 Å². The highest BCUT2D eigenvalue weighted by molar-refractivity contribution is 6.29. The van der Waals surface area contributed by atoms with E-state index in [1.165, 1.54) is 11.1 Å². The highest BCUT2D eigenvalue weighted by atomic mass is 35.5. The summed E-state index contributed by atoms with van der Waals surface area (Å²) in [7, 11) is 10.1. The van der Waals surface area contributed by atoms with Crippen LogP contribution in [0, 0.1) is 0 Å². The zero-order chi connectivity index (χ0) is 32.0. The van der Waals surface area contributed by atoms with Crippen LogP contribution in [0.2, 0.25) is 0 Å². The van der Waals surface area contributed by atoms with E-state index in [0.29, 0.717) is 48.9 Å². The molecule has 2 aromatic rings. The van der Waals surface area contributed by atoms with E-state index in [1.54, 1.807) is 28.4 Å². The SMILES string of the molecule is COc1cc2c(cc1OC)[C@@H](CN(C)C(CCCl)OC(=O)C(=O)OC(CCCl)N(C)C[C@H]1Cc3cc(OC)c(OC)cc31)C2. The second kappa shape index (κ2) is 15.4. The largest absolute Gasteiger partial charge is 0.493 e. The third-order valence-electron chi connectivity index (χ3n) is 8.47. The number of ether oxygens (including phenoxy) is 6. The van der Waals surface area contributed by atoms with Crippen molar-refractivity contribution < 1.29 is 38.0 Å². The minimum atomic E-state index is -1.06. The van der Waals surface area contributed by atoms with Crippen LogP contribution < -0.4 is 18.9 Å². The summed E-state index contributed by atoms with van der Waals surface area (Å²) in [6, 6.07) is 7.95. The molecule has 4 atom stereocenters. The zero-order valence-corrected chi connectivity index (χ0v) is 27.7. The third-order valence-corrected chi connectivity index (χ3v) is 8.90. The number of fused-ring (bicyclic) bond motifs is 2. The average molecular weight is 654 g/mol. The number of alkyl halides is 2. The molecule has 242 valence electrons. The van der Waals surface area contributed by atoms with E-state index in [2.05, 4.69) is 0 Å². The van der Waals surface area contributed by atoms with Gasteiger partial charge in [-0.05, 0) is 73.5 Å². The first kappa shape index (κ1) is 34.0. The molecule has 2 aliphatic carbocycles. The Morgan fingerprint density at radius 3 is 1.34 bits per heavy atom. The molecule has 0 aliphatic heterocycles. The lowest BCUT2D eigenvalue weighted by Crippen LogP contribution is -2.44. The predicted octanol–water partition coefficient (Wildman–Crippen LogP) is 4.56. The monoisotopic (exact) mass is 652 g/mol. The summed E-state index contributed by atoms with van der Waals surface area (Å²) in [6.45, 7) is 1.20. The summed E-state index contributed by atoms with van der Waals surface area (Å²) in [5, 5.41) is 0. The van der Waals surface area contributed by atoms with Gasteiger partial charge in [0.25, 0.3) is 0 Å². The normalized spacial score (nSPS) is 17.9. The number of hydrogen-bond donors (Lipinski definition) is 0. The van der Waals surface area contributed by atoms with Crippen LogP contribution in [-0.2, 0) is 31.9 Å². The Morgan fingerprint density at radius 2 is 1.02 bits per heavy atom. The summed E-state index contributed by atoms with van der Waals surface area (Å²) in [5.41, 5.74) is 4.69. The van der Waals surface area contributed by atoms with Crippen LogP contribution in [-0.4, -0.2) is 102 Å². The number of nitrogens with zero attached hydrogens (tertiary/aromatic N) is 2. The van der Waals surface area contributed by atoms with Crippen LogP contribution >= 0.6 is 23.2 Å². The molecule has 0 heterocycles. The lowest BCUT2D eigenvalue weighted by atomic mass is 9.77. The summed E-state index contributed by atoms with van der Waals surface area (Å²) >= 11 is 12.1. The van der Waals surface area contributed by atoms with Crippen molar-refractivity contribution in [3.8, 4) is 23.0 Å². The van der Waals surface area contributed by atoms with Gasteiger partial charge in [-0.1, -0.05) is 0 Å². The maximum absolute atomic E-state index is 12.9. The minimum absolute atomic E-state index is 0.206. The average Bonchev–Trinajstić information content (AvgIpc) is 3.01. The molecule has 44 heavy (non-hydrogen) atoms. The van der Waals surface area contributed by atoms with Gasteiger partial charge in [0, 0.05) is 49.5 Å². The van der Waals surface area contributed by atoms with Gasteiger partial charge in [-0.15, -0.1) is 23.2 Å². The van der Waals surface area contributed by atoms with Crippen LogP contribution in [0.1, 0.15) is 46.9 Å². The van der Waals surface area contributed by atoms with Crippen LogP contribution in [0.5, 0.6) is 23.0 Å². The Morgan fingerprint density at radius 1 is 0.682 bits per heavy atom. The summed E-state index contributed by atoms with van der Waals surface area (Å²) < 4.78 is 33.0. The van der Waals surface area contributed by atoms with Gasteiger partial charge in [-0.3, -0.25) is 9.80 Å². The van der Waals surface area contributed by atoms with Crippen molar-refractivity contribution in [2.75, 3.05) is 67.4 Å². The molecule has 0 saturated carbocycles. The highest BCUT2D eigenvalue weighted by Gasteiger charge is 2.35. The molecule has 4 rings (SSSR count). The third kappa shape index (κ3) is 7.47. The van der Waals surface area contributed by atoms with Crippen molar-refractivity contribution in [1.82, 2.24) is 9.80 Å². The first-order valence-electron chi connectivity index (χ1n) is 14.6. The fraction of sp³-hybridized carbons (Fsp3) is 0.562. The van der Waals surface area contributed by atoms with Crippen molar-refractivity contribution in [2.24, 2.45) is 0 Å². The first-order chi connectivity index (χ1) is 21.2. The first-order valence-corrected chi connectivity index (χ1v) is 15.7. The second-order valence-corrected chi connectivity index (χ2v) is 11.9. The van der Waals surface area contributed by atoms with Crippen molar-refractivity contribution >= 4 is 35.1 Å². The minimum Gasteiger partial charge on any atom is -0.493 e. The van der Waals surface area contributed by atoms with Crippen LogP contribution in [0.4, 0.5) is 0 Å². The van der Waals surface area contributed by atoms with Crippen molar-refractivity contribution in [1.29, 1.82) is 0 Å². The molecule has 2 aliphatic rings. The topological polar surface area (TPSA) is 96.0 Å². The van der Waals surface area contributed by atoms with Gasteiger partial charge in [-0.25, -0.2) is 9.59 Å². The number of likely N-dealkylation sites (N-methyl/N-ethyl adjacent to an activating group) is 2. The van der Waals surface area contributed by atoms with Gasteiger partial charge < -0.3 is 28.4 Å². The summed E-state index contributed by atoms with van der Waals surface area (Å²) in [6.07, 6.45) is 1.01. The molecule has 0 spiro atoms. The lowest BCUT2D eigenvalue weighted by molar-refractivity contribution is -0.184. The highest BCUT2D eigenvalue weighted by Crippen LogP contribution is 2.44. The van der Waals surface area contributed by atoms with E-state index >= 15 is 0 Å². The number of benzene rings is 2. The lowest BCUT2D eigenvalue weighted by Gasteiger charge is -2.37. The zero-order valence-electron chi connectivity index (χ0n) is 26.2. The Bertz CT molecular complexity index is 1230. The number of hydrogen-bond acceptors (Lipinski definition) is 10. The molecule has 0 bridgehead atoms. The molecular formula is C32H42Cl2N2O8. The van der Waals surface area contributed by atoms with E-state index in [-0.39, 0.29) is 23.6 Å². The number of methoxy groups -OCH3 is 4. The van der Waals surface area contributed by atoms with E-state index in [0.717, 1.165) is 24.0 Å². The Balaban J connectivity index is 1.34. The number of carbonyl (C=O) groups excluding carboxylic acids is 2. The van der Waals surface area contributed by atoms with Gasteiger partial charge in [0.1, 0.15) is 0 Å². The molecule has 0 aromatic heterocycles. The fourth-order valence-electron chi connectivity index (χ4n) is 6.00. The number of rotatable bonds is 16. The quantitative estimate of drug-likeness (QED) is 0.111. The van der Waals surface area contributed by atoms with Crippen molar-refractivity contribution in [2.45, 2.75) is 50.0 Å². The van der Waals surface area contributed by atoms with Gasteiger partial charge in [-0.2, -0.15) is 0 Å². The van der Waals surface area contributed by atoms with E-state index < -0.39 is 24.4 Å². The molecule has 0 saturated heterocycles. The van der Waals surface area contributed by atoms with Crippen LogP contribution in [0.15, 0.2) is 24.3 Å². The summed E-state index contributed by atoms with van der Waals surface area (Å²) in [5.74, 6) is 1.52. The second-order valence-electron chi connectivity index (χ2n) is 11.2. The van der Waals surface area contributed by atoms with Gasteiger partial charge in [0.05, 0.1) is 28.4 Å². The van der Waals surface area contributed by atoms with Gasteiger partial charge >= 0.3 is 11.9 Å². The number of esters is 2. The molecule has 2 unspecified atom stereocenters. The van der Waals surface area contributed by atoms with E-state index in [1.807, 2.05) is 48.2 Å². The standard InChI is InChI=1S/C32H42Cl2N2O8/c1-35(17-21-11-19-13-25(39-3)27(41-5)15-23(19)21)29(7-9-33)43-31(37)32(38)44-30(8-10-34)36(2)18-22-12-20-14-26(40-4)28(42-6)16-24(20)22/h13-16,21-22,29-30H,7-12,17-18H2,1-6H3/t21-,22-,29?,30?/m1/s1. The van der Waals surface area contributed by atoms with Crippen LogP contribution in [0.25, 0.3) is 0 Å². The molecular weight excluding hydrogens is 611 g/mol. The van der Waals surface area contributed by atoms with Gasteiger partial charge in [0.2, 0.25) is 0 Å². The number of carbonyl (C=O) groups is 2. The predicted molar refractivity (Wildman–Crippen MR) is 168 cm³/mol. The molecule has 0 fully saturated rings. The van der Waals surface area contributed by atoms with Crippen LogP contribution in [0.3, 0.4) is 0 Å². The molecule has 12 heteroatoms. The van der Waals surface area contributed by atoms with Crippen molar-refractivity contribution in [3.05, 3.63) is 46.5 Å². The van der Waals surface area contributed by atoms with E-state index in [4.69, 9.17) is 51.6 Å². The Kier molecular flexibility index (Phi) is 11.9. The van der Waals surface area contributed by atoms with E-state index in [9.17, 15) is 9.59 Å². The summed E-state index contributed by atoms with van der Waals surface area (Å²) in [4.78, 5) is 29.7. The Hall–Kier alpha value is -2.92. The molecule has 0 amide bonds. The molecule has 2 aromatic carbocycles. The fourth-order valence-corrected chi connectivity index (χ4v) is 6.37. The molecule has 0 radical (unpaired) electrons.